The molecular weight excluding hydrogens is 492 g/mol. The lowest BCUT2D eigenvalue weighted by Crippen LogP contribution is -2.38. The van der Waals surface area contributed by atoms with Crippen molar-refractivity contribution < 1.29 is 23.8 Å². The molecule has 2 aromatic heterocycles. The number of hydrogen-bond acceptors (Lipinski definition) is 6. The van der Waals surface area contributed by atoms with E-state index in [0.29, 0.717) is 67.0 Å². The number of pyridine rings is 1. The van der Waals surface area contributed by atoms with Crippen molar-refractivity contribution >= 4 is 22.7 Å². The number of ether oxygens (including phenoxy) is 3. The molecule has 1 atom stereocenters. The number of methoxy groups -OCH3 is 1. The highest BCUT2D eigenvalue weighted by molar-refractivity contribution is 6.13. The molecule has 3 heterocycles. The van der Waals surface area contributed by atoms with Gasteiger partial charge in [-0.1, -0.05) is 30.3 Å². The second-order valence-corrected chi connectivity index (χ2v) is 10.7. The number of H-pyrrole nitrogens is 1. The quantitative estimate of drug-likeness (QED) is 0.313. The Morgan fingerprint density at radius 3 is 2.64 bits per heavy atom. The zero-order chi connectivity index (χ0) is 27.1. The van der Waals surface area contributed by atoms with E-state index in [4.69, 9.17) is 19.2 Å². The van der Waals surface area contributed by atoms with Gasteiger partial charge in [0.25, 0.3) is 0 Å². The van der Waals surface area contributed by atoms with E-state index in [2.05, 4.69) is 4.98 Å². The molecule has 0 saturated carbocycles. The molecule has 0 spiro atoms. The number of hydrogen-bond donors (Lipinski definition) is 1. The zero-order valence-electron chi connectivity index (χ0n) is 22.5. The van der Waals surface area contributed by atoms with Crippen molar-refractivity contribution in [2.45, 2.75) is 51.0 Å². The van der Waals surface area contributed by atoms with Crippen LogP contribution in [0.4, 0.5) is 0 Å². The van der Waals surface area contributed by atoms with E-state index in [1.807, 2.05) is 68.6 Å². The maximum absolute atomic E-state index is 14.0. The lowest BCUT2D eigenvalue weighted by molar-refractivity contribution is -0.0691. The first-order valence-corrected chi connectivity index (χ1v) is 13.5. The number of aromatic nitrogens is 2. The minimum absolute atomic E-state index is 0.0338. The van der Waals surface area contributed by atoms with Crippen LogP contribution >= 0.6 is 0 Å². The van der Waals surface area contributed by atoms with Crippen LogP contribution in [0, 0.1) is 6.92 Å². The molecule has 1 aliphatic heterocycles. The largest absolute Gasteiger partial charge is 0.496 e. The highest BCUT2D eigenvalue weighted by Gasteiger charge is 2.38. The predicted octanol–water partition coefficient (Wildman–Crippen LogP) is 6.19. The number of para-hydroxylation sites is 1. The van der Waals surface area contributed by atoms with Crippen LogP contribution in [-0.4, -0.2) is 47.6 Å². The van der Waals surface area contributed by atoms with E-state index in [0.717, 1.165) is 27.8 Å². The summed E-state index contributed by atoms with van der Waals surface area (Å²) >= 11 is 0. The van der Waals surface area contributed by atoms with E-state index in [9.17, 15) is 9.59 Å². The van der Waals surface area contributed by atoms with E-state index in [-0.39, 0.29) is 11.7 Å². The number of ketones is 1. The molecular formula is C32H32N2O5. The number of carbonyl (C=O) groups excluding carboxylic acids is 2. The third-order valence-electron chi connectivity index (χ3n) is 8.14. The topological polar surface area (TPSA) is 90.5 Å². The normalized spacial score (nSPS) is 18.5. The number of rotatable bonds is 5. The van der Waals surface area contributed by atoms with E-state index < -0.39 is 11.6 Å². The molecule has 0 radical (unpaired) electrons. The molecule has 1 fully saturated rings. The van der Waals surface area contributed by atoms with Crippen molar-refractivity contribution in [3.63, 3.8) is 0 Å². The number of nitrogens with zero attached hydrogens (tertiary/aromatic N) is 1. The molecule has 200 valence electrons. The lowest BCUT2D eigenvalue weighted by atomic mass is 9.77. The lowest BCUT2D eigenvalue weighted by Gasteiger charge is -2.34. The summed E-state index contributed by atoms with van der Waals surface area (Å²) in [5.41, 5.74) is 4.87. The molecule has 2 aliphatic rings. The Morgan fingerprint density at radius 1 is 1.05 bits per heavy atom. The number of aryl methyl sites for hydroxylation is 1. The highest BCUT2D eigenvalue weighted by Crippen LogP contribution is 2.43. The molecule has 7 nitrogen and oxygen atoms in total. The van der Waals surface area contributed by atoms with E-state index in [1.54, 1.807) is 7.11 Å². The Morgan fingerprint density at radius 2 is 1.85 bits per heavy atom. The number of Topliss-reactive ketones (excluding diaryl/α,β-unsaturated/α-hetero) is 1. The Bertz CT molecular complexity index is 1580. The van der Waals surface area contributed by atoms with Crippen LogP contribution in [0.1, 0.15) is 69.8 Å². The summed E-state index contributed by atoms with van der Waals surface area (Å²) in [6, 6.07) is 15.7. The molecule has 6 rings (SSSR count). The molecule has 2 aromatic carbocycles. The Kier molecular flexibility index (Phi) is 6.47. The van der Waals surface area contributed by atoms with E-state index in [1.165, 1.54) is 0 Å². The van der Waals surface area contributed by atoms with Crippen LogP contribution in [0.2, 0.25) is 0 Å². The van der Waals surface area contributed by atoms with Gasteiger partial charge in [0, 0.05) is 53.4 Å². The minimum atomic E-state index is -0.631. The predicted molar refractivity (Wildman–Crippen MR) is 149 cm³/mol. The summed E-state index contributed by atoms with van der Waals surface area (Å²) < 4.78 is 17.3. The first-order valence-electron chi connectivity index (χ1n) is 13.5. The number of nitrogens with one attached hydrogen (secondary N) is 1. The molecule has 0 unspecified atom stereocenters. The number of esters is 1. The van der Waals surface area contributed by atoms with Gasteiger partial charge in [0.05, 0.1) is 37.3 Å². The summed E-state index contributed by atoms with van der Waals surface area (Å²) in [6.45, 7) is 4.87. The smallest absolute Gasteiger partial charge is 0.341 e. The summed E-state index contributed by atoms with van der Waals surface area (Å²) in [6.07, 6.45) is 3.99. The van der Waals surface area contributed by atoms with Gasteiger partial charge in [-0.15, -0.1) is 0 Å². The Balaban J connectivity index is 1.53. The summed E-state index contributed by atoms with van der Waals surface area (Å²) in [5, 5.41) is 0.941. The van der Waals surface area contributed by atoms with Crippen LogP contribution in [0.25, 0.3) is 22.0 Å². The Labute approximate surface area is 227 Å². The SMILES string of the molecule is COc1ccccc1[C@H]1CC(=O)c2c(nc(C)c(C(=O)OC3(C)CCOCC3)c2-c2cccc3[nH]ccc23)C1. The van der Waals surface area contributed by atoms with Gasteiger partial charge in [-0.3, -0.25) is 9.78 Å². The second kappa shape index (κ2) is 9.97. The fourth-order valence-electron chi connectivity index (χ4n) is 6.07. The van der Waals surface area contributed by atoms with Gasteiger partial charge in [-0.25, -0.2) is 4.79 Å². The fraction of sp³-hybridized carbons (Fsp3) is 0.344. The maximum atomic E-state index is 14.0. The van der Waals surface area contributed by atoms with Crippen LogP contribution < -0.4 is 4.74 Å². The van der Waals surface area contributed by atoms with Gasteiger partial charge in [-0.05, 0) is 49.6 Å². The van der Waals surface area contributed by atoms with Crippen molar-refractivity contribution in [3.8, 4) is 16.9 Å². The second-order valence-electron chi connectivity index (χ2n) is 10.7. The number of benzene rings is 2. The highest BCUT2D eigenvalue weighted by atomic mass is 16.6. The van der Waals surface area contributed by atoms with Gasteiger partial charge >= 0.3 is 5.97 Å². The van der Waals surface area contributed by atoms with Crippen LogP contribution in [-0.2, 0) is 15.9 Å². The zero-order valence-corrected chi connectivity index (χ0v) is 22.5. The van der Waals surface area contributed by atoms with Crippen molar-refractivity contribution in [2.75, 3.05) is 20.3 Å². The maximum Gasteiger partial charge on any atom is 0.341 e. The van der Waals surface area contributed by atoms with Crippen molar-refractivity contribution in [2.24, 2.45) is 0 Å². The van der Waals surface area contributed by atoms with Crippen molar-refractivity contribution in [3.05, 3.63) is 82.8 Å². The third kappa shape index (κ3) is 4.51. The summed E-state index contributed by atoms with van der Waals surface area (Å²) in [5.74, 6) is 0.212. The van der Waals surface area contributed by atoms with Crippen LogP contribution in [0.3, 0.4) is 0 Å². The molecule has 7 heteroatoms. The van der Waals surface area contributed by atoms with E-state index >= 15 is 0 Å². The molecule has 39 heavy (non-hydrogen) atoms. The summed E-state index contributed by atoms with van der Waals surface area (Å²) in [7, 11) is 1.65. The molecule has 0 bridgehead atoms. The monoisotopic (exact) mass is 524 g/mol. The van der Waals surface area contributed by atoms with Gasteiger partial charge in [0.1, 0.15) is 11.4 Å². The molecule has 4 aromatic rings. The minimum Gasteiger partial charge on any atom is -0.496 e. The molecule has 1 saturated heterocycles. The first-order chi connectivity index (χ1) is 18.9. The van der Waals surface area contributed by atoms with Crippen LogP contribution in [0.15, 0.2) is 54.7 Å². The van der Waals surface area contributed by atoms with Gasteiger partial charge < -0.3 is 19.2 Å². The Hall–Kier alpha value is -3.97. The third-order valence-corrected chi connectivity index (χ3v) is 8.14. The molecule has 0 amide bonds. The van der Waals surface area contributed by atoms with Gasteiger partial charge in [0.15, 0.2) is 5.78 Å². The molecule has 1 N–H and O–H groups in total. The standard InChI is InChI=1S/C32H32N2O5/c1-19-28(31(36)39-32(2)12-15-38-16-13-32)29(23-8-6-9-24-22(23)11-14-33-24)30-25(34-19)17-20(18-26(30)35)21-7-4-5-10-27(21)37-3/h4-11,14,20,33H,12-13,15-18H2,1-3H3/t20-/m1/s1. The average Bonchev–Trinajstić information content (AvgIpc) is 3.41. The summed E-state index contributed by atoms with van der Waals surface area (Å²) in [4.78, 5) is 36.1. The van der Waals surface area contributed by atoms with Crippen LogP contribution in [0.5, 0.6) is 5.75 Å². The average molecular weight is 525 g/mol. The van der Waals surface area contributed by atoms with Crippen molar-refractivity contribution in [1.29, 1.82) is 0 Å². The van der Waals surface area contributed by atoms with Gasteiger partial charge in [0.2, 0.25) is 0 Å². The molecule has 1 aliphatic carbocycles. The van der Waals surface area contributed by atoms with Gasteiger partial charge in [-0.2, -0.15) is 0 Å². The first kappa shape index (κ1) is 25.3. The number of carbonyl (C=O) groups is 2. The number of fused-ring (bicyclic) bond motifs is 2. The number of aromatic amines is 1. The van der Waals surface area contributed by atoms with Crippen molar-refractivity contribution in [1.82, 2.24) is 9.97 Å². The fourth-order valence-corrected chi connectivity index (χ4v) is 6.07.